The molecule has 3 aromatic heterocycles. The second kappa shape index (κ2) is 15.8. The fourth-order valence-electron chi connectivity index (χ4n) is 7.42. The third kappa shape index (κ3) is 7.73. The summed E-state index contributed by atoms with van der Waals surface area (Å²) >= 11 is 6.57. The van der Waals surface area contributed by atoms with Crippen LogP contribution in [0.5, 0.6) is 0 Å². The number of likely N-dealkylation sites (tertiary alicyclic amines) is 1. The van der Waals surface area contributed by atoms with Crippen LogP contribution in [-0.4, -0.2) is 110 Å². The van der Waals surface area contributed by atoms with Crippen LogP contribution < -0.4 is 10.6 Å². The summed E-state index contributed by atoms with van der Waals surface area (Å²) in [6.07, 6.45) is 6.75. The largest absolute Gasteiger partial charge is 0.339 e. The predicted octanol–water partition coefficient (Wildman–Crippen LogP) is 6.13. The van der Waals surface area contributed by atoms with E-state index in [1.807, 2.05) is 11.8 Å². The molecule has 0 atom stereocenters. The van der Waals surface area contributed by atoms with E-state index in [1.54, 1.807) is 41.6 Å². The van der Waals surface area contributed by atoms with Crippen molar-refractivity contribution in [2.24, 2.45) is 13.0 Å². The zero-order chi connectivity index (χ0) is 39.7. The number of rotatable bonds is 9. The number of aromatic amines is 1. The van der Waals surface area contributed by atoms with Gasteiger partial charge in [-0.25, -0.2) is 13.8 Å². The zero-order valence-electron chi connectivity index (χ0n) is 31.7. The number of carbonyl (C=O) groups excluding carboxylic acids is 3. The first-order valence-electron chi connectivity index (χ1n) is 18.6. The average molecular weight is 786 g/mol. The monoisotopic (exact) mass is 785 g/mol. The molecule has 0 radical (unpaired) electrons. The quantitative estimate of drug-likeness (QED) is 0.153. The molecule has 0 aliphatic carbocycles. The molecule has 2 aromatic carbocycles. The molecule has 5 aromatic rings. The minimum absolute atomic E-state index is 0.0120. The fraction of sp³-hybridized carbons (Fsp3) is 0.350. The van der Waals surface area contributed by atoms with E-state index >= 15 is 8.78 Å². The van der Waals surface area contributed by atoms with Crippen molar-refractivity contribution >= 4 is 46.5 Å². The molecule has 3 amide bonds. The summed E-state index contributed by atoms with van der Waals surface area (Å²) in [5, 5.41) is 13.2. The number of nitrogens with zero attached hydrogens (tertiary/aromatic N) is 7. The Kier molecular flexibility index (Phi) is 10.9. The molecule has 13 nitrogen and oxygen atoms in total. The Balaban J connectivity index is 1.01. The molecular formula is C40H44ClF2N10O3+. The number of piperazine rings is 1. The lowest BCUT2D eigenvalue weighted by atomic mass is 9.94. The van der Waals surface area contributed by atoms with Gasteiger partial charge in [0.05, 0.1) is 67.1 Å². The van der Waals surface area contributed by atoms with Crippen LogP contribution >= 0.6 is 11.6 Å². The first-order valence-corrected chi connectivity index (χ1v) is 19.0. The highest BCUT2D eigenvalue weighted by atomic mass is 35.5. The van der Waals surface area contributed by atoms with E-state index in [4.69, 9.17) is 11.6 Å². The standard InChI is InChI=1S/C40H43ClF2N10O3/c1-5-31-33(36(49-48-31)46-26-7-6-14-44-22-26)29-11-10-28(34(42)35(29)43)32-23-45-37(50(32)2)38(54)47-25-8-9-27(30(41)21-25)40(56)52-17-15-51(16-18-52)39(55)24-12-19-53(3,4)20-13-24/h6-11,14,21-24H,5,12-13,15-20H2,1-4H3,(H2-,45,46,47,48,49,54,56)/p+1. The Morgan fingerprint density at radius 1 is 0.946 bits per heavy atom. The maximum Gasteiger partial charge on any atom is 0.291 e. The molecule has 56 heavy (non-hydrogen) atoms. The number of piperidine rings is 1. The average Bonchev–Trinajstić information content (AvgIpc) is 3.78. The Morgan fingerprint density at radius 3 is 2.32 bits per heavy atom. The Labute approximate surface area is 328 Å². The highest BCUT2D eigenvalue weighted by Crippen LogP contribution is 2.37. The van der Waals surface area contributed by atoms with Crippen molar-refractivity contribution in [3.8, 4) is 22.4 Å². The number of hydrogen-bond donors (Lipinski definition) is 3. The van der Waals surface area contributed by atoms with Crippen molar-refractivity contribution in [1.82, 2.24) is 34.5 Å². The maximum absolute atomic E-state index is 15.9. The minimum Gasteiger partial charge on any atom is -0.339 e. The van der Waals surface area contributed by atoms with E-state index < -0.39 is 17.5 Å². The number of pyridine rings is 1. The molecule has 0 saturated carbocycles. The van der Waals surface area contributed by atoms with Crippen LogP contribution in [0, 0.1) is 17.6 Å². The summed E-state index contributed by atoms with van der Waals surface area (Å²) in [6, 6.07) is 11.0. The molecule has 292 valence electrons. The summed E-state index contributed by atoms with van der Waals surface area (Å²) in [6.45, 7) is 5.56. The van der Waals surface area contributed by atoms with E-state index in [-0.39, 0.29) is 51.0 Å². The number of halogens is 3. The van der Waals surface area contributed by atoms with E-state index in [2.05, 4.69) is 44.9 Å². The molecule has 5 heterocycles. The zero-order valence-corrected chi connectivity index (χ0v) is 32.5. The van der Waals surface area contributed by atoms with Crippen LogP contribution in [0.15, 0.2) is 61.1 Å². The van der Waals surface area contributed by atoms with Crippen LogP contribution in [0.3, 0.4) is 0 Å². The summed E-state index contributed by atoms with van der Waals surface area (Å²) in [5.74, 6) is -2.60. The van der Waals surface area contributed by atoms with Gasteiger partial charge in [-0.3, -0.25) is 24.5 Å². The lowest BCUT2D eigenvalue weighted by Gasteiger charge is -2.40. The van der Waals surface area contributed by atoms with Gasteiger partial charge in [0.15, 0.2) is 23.3 Å². The molecular weight excluding hydrogens is 742 g/mol. The van der Waals surface area contributed by atoms with Gasteiger partial charge in [0.2, 0.25) is 5.91 Å². The van der Waals surface area contributed by atoms with Gasteiger partial charge in [0.1, 0.15) is 0 Å². The third-order valence-corrected chi connectivity index (χ3v) is 11.1. The van der Waals surface area contributed by atoms with Gasteiger partial charge in [-0.1, -0.05) is 24.6 Å². The van der Waals surface area contributed by atoms with Crippen molar-refractivity contribution < 1.29 is 27.6 Å². The van der Waals surface area contributed by atoms with Gasteiger partial charge in [-0.05, 0) is 42.8 Å². The molecule has 3 N–H and O–H groups in total. The van der Waals surface area contributed by atoms with Crippen LogP contribution in [0.1, 0.15) is 46.4 Å². The number of aryl methyl sites for hydroxylation is 1. The number of quaternary nitrogens is 1. The van der Waals surface area contributed by atoms with Crippen LogP contribution in [-0.2, 0) is 18.3 Å². The number of amides is 3. The van der Waals surface area contributed by atoms with Crippen LogP contribution in [0.4, 0.5) is 26.0 Å². The number of benzene rings is 2. The summed E-state index contributed by atoms with van der Waals surface area (Å²) in [5.41, 5.74) is 2.33. The first kappa shape index (κ1) is 38.6. The normalized spacial score (nSPS) is 15.8. The topological polar surface area (TPSA) is 141 Å². The number of hydrogen-bond acceptors (Lipinski definition) is 7. The molecule has 0 unspecified atom stereocenters. The van der Waals surface area contributed by atoms with E-state index in [1.165, 1.54) is 36.0 Å². The van der Waals surface area contributed by atoms with Crippen molar-refractivity contribution in [2.45, 2.75) is 26.2 Å². The number of imidazole rings is 1. The summed E-state index contributed by atoms with van der Waals surface area (Å²) in [7, 11) is 5.90. The van der Waals surface area contributed by atoms with Crippen LogP contribution in [0.25, 0.3) is 22.4 Å². The molecule has 2 aliphatic rings. The molecule has 2 fully saturated rings. The Bertz CT molecular complexity index is 2270. The molecule has 0 spiro atoms. The van der Waals surface area contributed by atoms with Gasteiger partial charge in [0, 0.05) is 80.7 Å². The molecule has 2 saturated heterocycles. The van der Waals surface area contributed by atoms with Gasteiger partial charge in [0.25, 0.3) is 11.8 Å². The summed E-state index contributed by atoms with van der Waals surface area (Å²) in [4.78, 5) is 51.8. The smallest absolute Gasteiger partial charge is 0.291 e. The highest BCUT2D eigenvalue weighted by molar-refractivity contribution is 6.34. The lowest BCUT2D eigenvalue weighted by Crippen LogP contribution is -2.54. The Morgan fingerprint density at radius 2 is 1.64 bits per heavy atom. The number of carbonyl (C=O) groups is 3. The third-order valence-electron chi connectivity index (χ3n) is 10.8. The number of anilines is 3. The van der Waals surface area contributed by atoms with E-state index in [0.29, 0.717) is 61.0 Å². The van der Waals surface area contributed by atoms with E-state index in [9.17, 15) is 14.4 Å². The number of nitrogens with one attached hydrogen (secondary N) is 3. The molecule has 16 heteroatoms. The summed E-state index contributed by atoms with van der Waals surface area (Å²) < 4.78 is 34.1. The minimum atomic E-state index is -1.11. The van der Waals surface area contributed by atoms with Gasteiger partial charge in [-0.15, -0.1) is 0 Å². The highest BCUT2D eigenvalue weighted by Gasteiger charge is 2.35. The number of aromatic nitrogens is 5. The molecule has 0 bridgehead atoms. The van der Waals surface area contributed by atoms with Crippen LogP contribution in [0.2, 0.25) is 5.02 Å². The fourth-order valence-corrected chi connectivity index (χ4v) is 7.69. The van der Waals surface area contributed by atoms with Crippen molar-refractivity contribution in [2.75, 3.05) is 64.0 Å². The van der Waals surface area contributed by atoms with E-state index in [0.717, 1.165) is 30.4 Å². The predicted molar refractivity (Wildman–Crippen MR) is 209 cm³/mol. The second-order valence-electron chi connectivity index (χ2n) is 14.9. The number of H-pyrrole nitrogens is 1. The SMILES string of the molecule is CCc1[nH]nc(Nc2cccnc2)c1-c1ccc(-c2cnc(C(=O)Nc3ccc(C(=O)N4CCN(C(=O)C5CC[N+](C)(C)CC5)CC4)c(Cl)c3)n2C)c(F)c1F. The van der Waals surface area contributed by atoms with Gasteiger partial charge in [-0.2, -0.15) is 5.10 Å². The maximum atomic E-state index is 15.9. The van der Waals surface area contributed by atoms with Gasteiger partial charge >= 0.3 is 0 Å². The second-order valence-corrected chi connectivity index (χ2v) is 15.3. The van der Waals surface area contributed by atoms with Crippen molar-refractivity contribution in [1.29, 1.82) is 0 Å². The molecule has 2 aliphatic heterocycles. The van der Waals surface area contributed by atoms with Gasteiger partial charge < -0.3 is 29.5 Å². The molecule has 7 rings (SSSR count). The lowest BCUT2D eigenvalue weighted by molar-refractivity contribution is -0.895. The Hall–Kier alpha value is -5.67. The van der Waals surface area contributed by atoms with Crippen molar-refractivity contribution in [3.63, 3.8) is 0 Å². The first-order chi connectivity index (χ1) is 26.8. The van der Waals surface area contributed by atoms with Crippen molar-refractivity contribution in [3.05, 3.63) is 94.8 Å².